The Kier molecular flexibility index (Phi) is 4.01. The highest BCUT2D eigenvalue weighted by Crippen LogP contribution is 2.27. The number of amides is 2. The lowest BCUT2D eigenvalue weighted by atomic mass is 10.2. The third-order valence-electron chi connectivity index (χ3n) is 4.29. The first-order valence-electron chi connectivity index (χ1n) is 7.53. The van der Waals surface area contributed by atoms with Gasteiger partial charge in [0, 0.05) is 0 Å². The van der Waals surface area contributed by atoms with E-state index in [0.29, 0.717) is 5.69 Å². The van der Waals surface area contributed by atoms with Gasteiger partial charge in [-0.2, -0.15) is 0 Å². The minimum absolute atomic E-state index is 0.173. The highest BCUT2D eigenvalue weighted by molar-refractivity contribution is 6.22. The van der Waals surface area contributed by atoms with E-state index in [-0.39, 0.29) is 30.1 Å². The van der Waals surface area contributed by atoms with Crippen LogP contribution in [-0.2, 0) is 9.59 Å². The molecule has 2 aliphatic heterocycles. The molecule has 3 rings (SSSR count). The van der Waals surface area contributed by atoms with Crippen LogP contribution in [0, 0.1) is 5.82 Å². The first kappa shape index (κ1) is 14.2. The SMILES string of the molecule is O=C1C[C@@H](N2CCCCCC2)C(=O)N1c1ccc(F)cc1. The summed E-state index contributed by atoms with van der Waals surface area (Å²) in [6, 6.07) is 5.16. The zero-order valence-corrected chi connectivity index (χ0v) is 11.9. The van der Waals surface area contributed by atoms with Crippen molar-refractivity contribution in [2.75, 3.05) is 18.0 Å². The van der Waals surface area contributed by atoms with E-state index in [1.165, 1.54) is 42.0 Å². The van der Waals surface area contributed by atoms with Crippen LogP contribution in [0.25, 0.3) is 0 Å². The van der Waals surface area contributed by atoms with Crippen molar-refractivity contribution >= 4 is 17.5 Å². The molecule has 4 nitrogen and oxygen atoms in total. The smallest absolute Gasteiger partial charge is 0.251 e. The number of benzene rings is 1. The summed E-state index contributed by atoms with van der Waals surface area (Å²) in [7, 11) is 0. The zero-order chi connectivity index (χ0) is 14.8. The molecule has 0 saturated carbocycles. The molecule has 1 aromatic carbocycles. The molecule has 0 N–H and O–H groups in total. The Morgan fingerprint density at radius 3 is 2.19 bits per heavy atom. The third-order valence-corrected chi connectivity index (χ3v) is 4.29. The predicted octanol–water partition coefficient (Wildman–Crippen LogP) is 2.33. The molecular formula is C16H19FN2O2. The summed E-state index contributed by atoms with van der Waals surface area (Å²) in [5.74, 6) is -0.740. The second-order valence-corrected chi connectivity index (χ2v) is 5.71. The Hall–Kier alpha value is -1.75. The van der Waals surface area contributed by atoms with E-state index in [4.69, 9.17) is 0 Å². The Bertz CT molecular complexity index is 536. The van der Waals surface area contributed by atoms with E-state index in [2.05, 4.69) is 4.90 Å². The van der Waals surface area contributed by atoms with Crippen LogP contribution in [0.1, 0.15) is 32.1 Å². The number of carbonyl (C=O) groups excluding carboxylic acids is 2. The molecule has 0 spiro atoms. The number of likely N-dealkylation sites (tertiary alicyclic amines) is 1. The second-order valence-electron chi connectivity index (χ2n) is 5.71. The van der Waals surface area contributed by atoms with Crippen LogP contribution in [0.2, 0.25) is 0 Å². The predicted molar refractivity (Wildman–Crippen MR) is 77.3 cm³/mol. The summed E-state index contributed by atoms with van der Waals surface area (Å²) < 4.78 is 13.0. The average Bonchev–Trinajstić information content (AvgIpc) is 2.69. The fourth-order valence-corrected chi connectivity index (χ4v) is 3.17. The monoisotopic (exact) mass is 290 g/mol. The molecule has 2 heterocycles. The van der Waals surface area contributed by atoms with E-state index < -0.39 is 0 Å². The number of nitrogens with zero attached hydrogens (tertiary/aromatic N) is 2. The molecule has 0 unspecified atom stereocenters. The molecule has 112 valence electrons. The number of halogens is 1. The Morgan fingerprint density at radius 2 is 1.57 bits per heavy atom. The van der Waals surface area contributed by atoms with Gasteiger partial charge in [0.2, 0.25) is 5.91 Å². The van der Waals surface area contributed by atoms with Gasteiger partial charge in [0.15, 0.2) is 0 Å². The fourth-order valence-electron chi connectivity index (χ4n) is 3.17. The summed E-state index contributed by atoms with van der Waals surface area (Å²) in [6.07, 6.45) is 4.76. The van der Waals surface area contributed by atoms with Gasteiger partial charge in [-0.05, 0) is 50.2 Å². The average molecular weight is 290 g/mol. The molecule has 2 fully saturated rings. The minimum atomic E-state index is -0.373. The maximum absolute atomic E-state index is 13.0. The molecule has 0 aliphatic carbocycles. The molecule has 21 heavy (non-hydrogen) atoms. The first-order valence-corrected chi connectivity index (χ1v) is 7.53. The van der Waals surface area contributed by atoms with E-state index in [1.54, 1.807) is 0 Å². The van der Waals surface area contributed by atoms with Crippen molar-refractivity contribution in [3.05, 3.63) is 30.1 Å². The normalized spacial score (nSPS) is 24.4. The summed E-state index contributed by atoms with van der Waals surface area (Å²) >= 11 is 0. The first-order chi connectivity index (χ1) is 10.2. The lowest BCUT2D eigenvalue weighted by Gasteiger charge is -2.25. The van der Waals surface area contributed by atoms with Crippen LogP contribution in [0.3, 0.4) is 0 Å². The molecule has 0 radical (unpaired) electrons. The van der Waals surface area contributed by atoms with Gasteiger partial charge in [-0.3, -0.25) is 14.5 Å². The van der Waals surface area contributed by atoms with Crippen LogP contribution in [0.4, 0.5) is 10.1 Å². The van der Waals surface area contributed by atoms with Crippen molar-refractivity contribution in [1.29, 1.82) is 0 Å². The molecular weight excluding hydrogens is 271 g/mol. The van der Waals surface area contributed by atoms with Gasteiger partial charge < -0.3 is 0 Å². The maximum Gasteiger partial charge on any atom is 0.251 e. The number of hydrogen-bond donors (Lipinski definition) is 0. The topological polar surface area (TPSA) is 40.6 Å². The summed E-state index contributed by atoms with van der Waals surface area (Å²) in [5.41, 5.74) is 0.462. The van der Waals surface area contributed by atoms with Crippen molar-refractivity contribution in [2.45, 2.75) is 38.1 Å². The maximum atomic E-state index is 13.0. The van der Waals surface area contributed by atoms with Crippen LogP contribution in [0.15, 0.2) is 24.3 Å². The van der Waals surface area contributed by atoms with Crippen LogP contribution in [-0.4, -0.2) is 35.8 Å². The molecule has 2 aliphatic rings. The third kappa shape index (κ3) is 2.83. The Balaban J connectivity index is 1.79. The molecule has 1 atom stereocenters. The van der Waals surface area contributed by atoms with Gasteiger partial charge in [-0.25, -0.2) is 9.29 Å². The van der Waals surface area contributed by atoms with Gasteiger partial charge in [-0.15, -0.1) is 0 Å². The number of carbonyl (C=O) groups is 2. The van der Waals surface area contributed by atoms with E-state index in [1.807, 2.05) is 0 Å². The van der Waals surface area contributed by atoms with Crippen molar-refractivity contribution in [1.82, 2.24) is 4.90 Å². The van der Waals surface area contributed by atoms with E-state index in [9.17, 15) is 14.0 Å². The highest BCUT2D eigenvalue weighted by Gasteiger charge is 2.42. The van der Waals surface area contributed by atoms with Crippen molar-refractivity contribution in [3.8, 4) is 0 Å². The summed E-state index contributed by atoms with van der Waals surface area (Å²) in [5, 5.41) is 0. The highest BCUT2D eigenvalue weighted by atomic mass is 19.1. The van der Waals surface area contributed by atoms with Gasteiger partial charge in [0.25, 0.3) is 5.91 Å². The van der Waals surface area contributed by atoms with Gasteiger partial charge in [0.05, 0.1) is 18.2 Å². The summed E-state index contributed by atoms with van der Waals surface area (Å²) in [4.78, 5) is 28.1. The molecule has 2 amide bonds. The number of anilines is 1. The van der Waals surface area contributed by atoms with Crippen molar-refractivity contribution in [3.63, 3.8) is 0 Å². The number of imide groups is 1. The number of hydrogen-bond acceptors (Lipinski definition) is 3. The van der Waals surface area contributed by atoms with E-state index >= 15 is 0 Å². The lowest BCUT2D eigenvalue weighted by molar-refractivity contribution is -0.122. The fraction of sp³-hybridized carbons (Fsp3) is 0.500. The van der Waals surface area contributed by atoms with Crippen LogP contribution >= 0.6 is 0 Å². The van der Waals surface area contributed by atoms with Crippen molar-refractivity contribution < 1.29 is 14.0 Å². The second kappa shape index (κ2) is 5.93. The van der Waals surface area contributed by atoms with Gasteiger partial charge >= 0.3 is 0 Å². The molecule has 0 aromatic heterocycles. The Morgan fingerprint density at radius 1 is 0.952 bits per heavy atom. The quantitative estimate of drug-likeness (QED) is 0.785. The number of rotatable bonds is 2. The van der Waals surface area contributed by atoms with E-state index in [0.717, 1.165) is 25.9 Å². The molecule has 5 heteroatoms. The van der Waals surface area contributed by atoms with Crippen molar-refractivity contribution in [2.24, 2.45) is 0 Å². The summed E-state index contributed by atoms with van der Waals surface area (Å²) in [6.45, 7) is 1.75. The van der Waals surface area contributed by atoms with Crippen LogP contribution in [0.5, 0.6) is 0 Å². The lowest BCUT2D eigenvalue weighted by Crippen LogP contribution is -2.42. The standard InChI is InChI=1S/C16H19FN2O2/c17-12-5-7-13(8-6-12)19-15(20)11-14(16(19)21)18-9-3-1-2-4-10-18/h5-8,14H,1-4,9-11H2/t14-/m1/s1. The molecule has 2 saturated heterocycles. The molecule has 1 aromatic rings. The Labute approximate surface area is 123 Å². The zero-order valence-electron chi connectivity index (χ0n) is 11.9. The largest absolute Gasteiger partial charge is 0.292 e. The van der Waals surface area contributed by atoms with Crippen LogP contribution < -0.4 is 4.90 Å². The van der Waals surface area contributed by atoms with Gasteiger partial charge in [-0.1, -0.05) is 12.8 Å². The van der Waals surface area contributed by atoms with Gasteiger partial charge in [0.1, 0.15) is 5.82 Å². The molecule has 0 bridgehead atoms. The minimum Gasteiger partial charge on any atom is -0.292 e.